The molecule has 21 heavy (non-hydrogen) atoms. The number of hydrogen-bond donors (Lipinski definition) is 2. The molecule has 0 saturated heterocycles. The normalized spacial score (nSPS) is 10.5. The van der Waals surface area contributed by atoms with Gasteiger partial charge in [-0.3, -0.25) is 4.79 Å². The minimum Gasteiger partial charge on any atom is -0.507 e. The molecule has 2 N–H and O–H groups in total. The molecule has 0 fully saturated rings. The first kappa shape index (κ1) is 14.9. The van der Waals surface area contributed by atoms with E-state index in [1.54, 1.807) is 42.5 Å². The number of halogens is 1. The molecule has 2 aromatic rings. The molecule has 0 atom stereocenters. The molecule has 5 nitrogen and oxygen atoms in total. The molecule has 0 bridgehead atoms. The van der Waals surface area contributed by atoms with Crippen LogP contribution in [0.15, 0.2) is 53.6 Å². The predicted molar refractivity (Wildman–Crippen MR) is 80.8 cm³/mol. The van der Waals surface area contributed by atoms with Gasteiger partial charge in [0, 0.05) is 10.6 Å². The van der Waals surface area contributed by atoms with Crippen molar-refractivity contribution in [3.63, 3.8) is 0 Å². The molecule has 2 rings (SSSR count). The fraction of sp³-hybridized carbons (Fsp3) is 0.0667. The molecule has 0 spiro atoms. The molecule has 0 aromatic heterocycles. The second kappa shape index (κ2) is 7.31. The minimum absolute atomic E-state index is 0.0907. The van der Waals surface area contributed by atoms with Crippen molar-refractivity contribution < 1.29 is 14.6 Å². The fourth-order valence-electron chi connectivity index (χ4n) is 1.48. The summed E-state index contributed by atoms with van der Waals surface area (Å²) in [6, 6.07) is 13.3. The van der Waals surface area contributed by atoms with Crippen molar-refractivity contribution in [3.8, 4) is 11.5 Å². The Morgan fingerprint density at radius 1 is 1.24 bits per heavy atom. The minimum atomic E-state index is -0.406. The zero-order chi connectivity index (χ0) is 15.1. The Balaban J connectivity index is 1.80. The van der Waals surface area contributed by atoms with Crippen LogP contribution in [0.3, 0.4) is 0 Å². The Bertz CT molecular complexity index is 642. The number of nitrogens with one attached hydrogen (secondary N) is 1. The van der Waals surface area contributed by atoms with E-state index in [1.807, 2.05) is 0 Å². The van der Waals surface area contributed by atoms with Gasteiger partial charge in [0.2, 0.25) is 0 Å². The predicted octanol–water partition coefficient (Wildman–Crippen LogP) is 2.57. The molecule has 0 saturated carbocycles. The summed E-state index contributed by atoms with van der Waals surface area (Å²) in [5.41, 5.74) is 2.82. The highest BCUT2D eigenvalue weighted by atomic mass is 35.5. The highest BCUT2D eigenvalue weighted by Gasteiger charge is 2.01. The van der Waals surface area contributed by atoms with E-state index in [4.69, 9.17) is 16.3 Å². The van der Waals surface area contributed by atoms with Gasteiger partial charge in [-0.15, -0.1) is 0 Å². The van der Waals surface area contributed by atoms with E-state index >= 15 is 0 Å². The second-order valence-corrected chi connectivity index (χ2v) is 4.53. The smallest absolute Gasteiger partial charge is 0.277 e. The van der Waals surface area contributed by atoms with E-state index in [9.17, 15) is 9.90 Å². The molecule has 0 unspecified atom stereocenters. The first-order valence-corrected chi connectivity index (χ1v) is 6.51. The topological polar surface area (TPSA) is 70.9 Å². The van der Waals surface area contributed by atoms with Crippen LogP contribution in [0.2, 0.25) is 5.02 Å². The number of hydrogen-bond acceptors (Lipinski definition) is 4. The van der Waals surface area contributed by atoms with Crippen molar-refractivity contribution in [2.24, 2.45) is 5.10 Å². The van der Waals surface area contributed by atoms with E-state index in [-0.39, 0.29) is 12.4 Å². The summed E-state index contributed by atoms with van der Waals surface area (Å²) in [6.45, 7) is -0.167. The van der Waals surface area contributed by atoms with Crippen molar-refractivity contribution in [2.75, 3.05) is 6.61 Å². The maximum atomic E-state index is 11.5. The van der Waals surface area contributed by atoms with Gasteiger partial charge in [-0.05, 0) is 36.4 Å². The van der Waals surface area contributed by atoms with Crippen LogP contribution in [-0.2, 0) is 4.79 Å². The highest BCUT2D eigenvalue weighted by Crippen LogP contribution is 2.15. The average Bonchev–Trinajstić information content (AvgIpc) is 2.49. The number of ether oxygens (including phenoxy) is 1. The average molecular weight is 305 g/mol. The van der Waals surface area contributed by atoms with Crippen molar-refractivity contribution >= 4 is 23.7 Å². The maximum Gasteiger partial charge on any atom is 0.277 e. The lowest BCUT2D eigenvalue weighted by Crippen LogP contribution is -2.24. The zero-order valence-corrected chi connectivity index (χ0v) is 11.7. The third kappa shape index (κ3) is 4.81. The quantitative estimate of drug-likeness (QED) is 0.659. The van der Waals surface area contributed by atoms with Crippen LogP contribution in [-0.4, -0.2) is 23.8 Å². The number of phenolic OH excluding ortho intramolecular Hbond substituents is 1. The second-order valence-electron chi connectivity index (χ2n) is 4.09. The first-order valence-electron chi connectivity index (χ1n) is 6.13. The van der Waals surface area contributed by atoms with E-state index in [0.717, 1.165) is 0 Å². The molecule has 0 radical (unpaired) electrons. The molecule has 108 valence electrons. The molecular weight excluding hydrogens is 292 g/mol. The molecule has 0 aliphatic rings. The number of nitrogens with zero attached hydrogens (tertiary/aromatic N) is 1. The van der Waals surface area contributed by atoms with Crippen molar-refractivity contribution in [1.82, 2.24) is 5.43 Å². The molecule has 2 aromatic carbocycles. The van der Waals surface area contributed by atoms with Gasteiger partial charge in [-0.2, -0.15) is 5.10 Å². The third-order valence-corrected chi connectivity index (χ3v) is 2.77. The number of phenols is 1. The number of amides is 1. The summed E-state index contributed by atoms with van der Waals surface area (Å²) in [5, 5.41) is 13.9. The summed E-state index contributed by atoms with van der Waals surface area (Å²) >= 11 is 5.74. The Hall–Kier alpha value is -2.53. The van der Waals surface area contributed by atoms with E-state index in [0.29, 0.717) is 16.3 Å². The lowest BCUT2D eigenvalue weighted by atomic mass is 10.2. The monoisotopic (exact) mass is 304 g/mol. The molecule has 6 heteroatoms. The van der Waals surface area contributed by atoms with Crippen LogP contribution in [0.25, 0.3) is 0 Å². The number of aromatic hydroxyl groups is 1. The molecule has 0 heterocycles. The fourth-order valence-corrected chi connectivity index (χ4v) is 1.61. The van der Waals surface area contributed by atoms with Crippen LogP contribution in [0.5, 0.6) is 11.5 Å². The van der Waals surface area contributed by atoms with Gasteiger partial charge >= 0.3 is 0 Å². The van der Waals surface area contributed by atoms with Gasteiger partial charge < -0.3 is 9.84 Å². The van der Waals surface area contributed by atoms with Gasteiger partial charge in [-0.1, -0.05) is 23.7 Å². The molecule has 0 aliphatic carbocycles. The number of hydrazone groups is 1. The lowest BCUT2D eigenvalue weighted by Gasteiger charge is -2.04. The number of carbonyl (C=O) groups is 1. The number of carbonyl (C=O) groups excluding carboxylic acids is 1. The van der Waals surface area contributed by atoms with Crippen LogP contribution in [0.1, 0.15) is 5.56 Å². The van der Waals surface area contributed by atoms with Crippen LogP contribution >= 0.6 is 11.6 Å². The Kier molecular flexibility index (Phi) is 5.17. The van der Waals surface area contributed by atoms with Gasteiger partial charge in [0.15, 0.2) is 6.61 Å². The van der Waals surface area contributed by atoms with Crippen LogP contribution in [0.4, 0.5) is 0 Å². The first-order chi connectivity index (χ1) is 10.1. The number of benzene rings is 2. The molecule has 0 aliphatic heterocycles. The molecule has 1 amide bonds. The Labute approximate surface area is 126 Å². The van der Waals surface area contributed by atoms with E-state index in [1.165, 1.54) is 12.3 Å². The summed E-state index contributed by atoms with van der Waals surface area (Å²) in [5.74, 6) is 0.226. The van der Waals surface area contributed by atoms with Crippen LogP contribution in [0, 0.1) is 0 Å². The highest BCUT2D eigenvalue weighted by molar-refractivity contribution is 6.30. The Morgan fingerprint density at radius 2 is 1.95 bits per heavy atom. The number of rotatable bonds is 5. The maximum absolute atomic E-state index is 11.5. The third-order valence-electron chi connectivity index (χ3n) is 2.51. The summed E-state index contributed by atoms with van der Waals surface area (Å²) in [6.07, 6.45) is 1.36. The van der Waals surface area contributed by atoms with Gasteiger partial charge in [-0.25, -0.2) is 5.43 Å². The van der Waals surface area contributed by atoms with Crippen molar-refractivity contribution in [3.05, 3.63) is 59.1 Å². The van der Waals surface area contributed by atoms with Gasteiger partial charge in [0.25, 0.3) is 5.91 Å². The summed E-state index contributed by atoms with van der Waals surface area (Å²) in [7, 11) is 0. The van der Waals surface area contributed by atoms with Crippen molar-refractivity contribution in [1.29, 1.82) is 0 Å². The van der Waals surface area contributed by atoms with Gasteiger partial charge in [0.05, 0.1) is 6.21 Å². The van der Waals surface area contributed by atoms with E-state index in [2.05, 4.69) is 10.5 Å². The standard InChI is InChI=1S/C15H13ClN2O3/c16-12-5-7-13(8-6-12)21-10-15(20)18-17-9-11-3-1-2-4-14(11)19/h1-9,19H,10H2,(H,18,20)/b17-9-. The summed E-state index contributed by atoms with van der Waals surface area (Å²) < 4.78 is 5.26. The summed E-state index contributed by atoms with van der Waals surface area (Å²) in [4.78, 5) is 11.5. The van der Waals surface area contributed by atoms with Crippen LogP contribution < -0.4 is 10.2 Å². The largest absolute Gasteiger partial charge is 0.507 e. The SMILES string of the molecule is O=C(COc1ccc(Cl)cc1)N/N=C\c1ccccc1O. The zero-order valence-electron chi connectivity index (χ0n) is 11.0. The van der Waals surface area contributed by atoms with E-state index < -0.39 is 5.91 Å². The Morgan fingerprint density at radius 3 is 2.67 bits per heavy atom. The lowest BCUT2D eigenvalue weighted by molar-refractivity contribution is -0.123. The molecular formula is C15H13ClN2O3. The number of para-hydroxylation sites is 1. The van der Waals surface area contributed by atoms with Crippen molar-refractivity contribution in [2.45, 2.75) is 0 Å². The van der Waals surface area contributed by atoms with Gasteiger partial charge in [0.1, 0.15) is 11.5 Å².